The summed E-state index contributed by atoms with van der Waals surface area (Å²) in [5, 5.41) is 5.31. The minimum absolute atomic E-state index is 0.0249. The molecule has 2 heterocycles. The Kier molecular flexibility index (Phi) is 4.64. The van der Waals surface area contributed by atoms with Crippen LogP contribution >= 0.6 is 11.3 Å². The Morgan fingerprint density at radius 3 is 2.70 bits per heavy atom. The van der Waals surface area contributed by atoms with Gasteiger partial charge in [-0.1, -0.05) is 6.07 Å². The van der Waals surface area contributed by atoms with Crippen molar-refractivity contribution >= 4 is 21.4 Å². The summed E-state index contributed by atoms with van der Waals surface area (Å²) in [6, 6.07) is 7.44. The Morgan fingerprint density at radius 2 is 2.10 bits per heavy atom. The lowest BCUT2D eigenvalue weighted by atomic mass is 10.2. The Balaban J connectivity index is 2.00. The molecule has 1 unspecified atom stereocenters. The zero-order valence-corrected chi connectivity index (χ0v) is 13.3. The van der Waals surface area contributed by atoms with E-state index in [0.29, 0.717) is 12.3 Å². The third kappa shape index (κ3) is 3.29. The second-order valence-electron chi connectivity index (χ2n) is 4.63. The molecule has 1 atom stereocenters. The summed E-state index contributed by atoms with van der Waals surface area (Å²) in [4.78, 5) is 1.23. The lowest BCUT2D eigenvalue weighted by Gasteiger charge is -2.11. The number of nitrogens with zero attached hydrogens (tertiary/aromatic N) is 1. The molecule has 5 nitrogen and oxygen atoms in total. The van der Waals surface area contributed by atoms with E-state index in [1.165, 1.54) is 25.0 Å². The van der Waals surface area contributed by atoms with Crippen molar-refractivity contribution in [2.24, 2.45) is 0 Å². The number of nitrogens with one attached hydrogen (secondary N) is 1. The first kappa shape index (κ1) is 15.2. The Bertz CT molecular complexity index is 645. The van der Waals surface area contributed by atoms with Gasteiger partial charge in [-0.05, 0) is 30.5 Å². The predicted octanol–water partition coefficient (Wildman–Crippen LogP) is 2.44. The van der Waals surface area contributed by atoms with Crippen molar-refractivity contribution in [3.63, 3.8) is 0 Å². The molecule has 7 heteroatoms. The van der Waals surface area contributed by atoms with Gasteiger partial charge >= 0.3 is 0 Å². The number of sulfonamides is 1. The van der Waals surface area contributed by atoms with Gasteiger partial charge in [0.2, 0.25) is 5.09 Å². The first-order valence-corrected chi connectivity index (χ1v) is 8.51. The summed E-state index contributed by atoms with van der Waals surface area (Å²) >= 11 is 1.68. The fourth-order valence-electron chi connectivity index (χ4n) is 1.66. The van der Waals surface area contributed by atoms with Gasteiger partial charge in [0, 0.05) is 25.0 Å². The molecule has 0 aromatic carbocycles. The van der Waals surface area contributed by atoms with E-state index in [4.69, 9.17) is 4.42 Å². The standard InChI is InChI=1S/C13H18N2O3S2/c1-10(12-5-4-8-19-12)14-9-11-6-7-13(18-11)20(16,17)15(2)3/h4-8,10,14H,9H2,1-3H3. The molecule has 0 aliphatic rings. The van der Waals surface area contributed by atoms with Crippen molar-refractivity contribution in [2.75, 3.05) is 14.1 Å². The summed E-state index contributed by atoms with van der Waals surface area (Å²) in [6.45, 7) is 2.55. The molecule has 2 aromatic heterocycles. The zero-order valence-electron chi connectivity index (χ0n) is 11.7. The van der Waals surface area contributed by atoms with Crippen LogP contribution in [-0.2, 0) is 16.6 Å². The van der Waals surface area contributed by atoms with Crippen molar-refractivity contribution in [1.82, 2.24) is 9.62 Å². The lowest BCUT2D eigenvalue weighted by Crippen LogP contribution is -2.21. The molecule has 2 aromatic rings. The molecule has 110 valence electrons. The van der Waals surface area contributed by atoms with Crippen molar-refractivity contribution < 1.29 is 12.8 Å². The number of hydrogen-bond donors (Lipinski definition) is 1. The van der Waals surface area contributed by atoms with Crippen LogP contribution in [0, 0.1) is 0 Å². The second-order valence-corrected chi connectivity index (χ2v) is 7.69. The van der Waals surface area contributed by atoms with Gasteiger partial charge in [-0.2, -0.15) is 0 Å². The quantitative estimate of drug-likeness (QED) is 0.889. The first-order chi connectivity index (χ1) is 9.41. The predicted molar refractivity (Wildman–Crippen MR) is 79.2 cm³/mol. The highest BCUT2D eigenvalue weighted by Crippen LogP contribution is 2.20. The zero-order chi connectivity index (χ0) is 14.8. The molecule has 0 aliphatic carbocycles. The van der Waals surface area contributed by atoms with Gasteiger partial charge in [0.25, 0.3) is 10.0 Å². The summed E-state index contributed by atoms with van der Waals surface area (Å²) < 4.78 is 30.3. The van der Waals surface area contributed by atoms with Crippen molar-refractivity contribution in [3.05, 3.63) is 40.3 Å². The maximum absolute atomic E-state index is 11.9. The summed E-state index contributed by atoms with van der Waals surface area (Å²) in [5.41, 5.74) is 0. The molecule has 0 amide bonds. The number of thiophene rings is 1. The second kappa shape index (κ2) is 6.09. The van der Waals surface area contributed by atoms with Crippen LogP contribution in [0.4, 0.5) is 0 Å². The Morgan fingerprint density at radius 1 is 1.35 bits per heavy atom. The van der Waals surface area contributed by atoms with E-state index in [1.54, 1.807) is 17.4 Å². The monoisotopic (exact) mass is 314 g/mol. The molecule has 2 rings (SSSR count). The molecule has 0 saturated carbocycles. The Hall–Kier alpha value is -1.15. The number of hydrogen-bond acceptors (Lipinski definition) is 5. The molecule has 0 saturated heterocycles. The number of furan rings is 1. The van der Waals surface area contributed by atoms with Crippen LogP contribution in [0.5, 0.6) is 0 Å². The van der Waals surface area contributed by atoms with E-state index in [-0.39, 0.29) is 11.1 Å². The molecule has 20 heavy (non-hydrogen) atoms. The van der Waals surface area contributed by atoms with E-state index >= 15 is 0 Å². The van der Waals surface area contributed by atoms with E-state index in [9.17, 15) is 8.42 Å². The molecular formula is C13H18N2O3S2. The largest absolute Gasteiger partial charge is 0.447 e. The summed E-state index contributed by atoms with van der Waals surface area (Å²) in [6.07, 6.45) is 0. The van der Waals surface area contributed by atoms with Gasteiger partial charge in [-0.25, -0.2) is 12.7 Å². The minimum Gasteiger partial charge on any atom is -0.447 e. The molecule has 0 spiro atoms. The molecule has 0 radical (unpaired) electrons. The van der Waals surface area contributed by atoms with Gasteiger partial charge < -0.3 is 9.73 Å². The lowest BCUT2D eigenvalue weighted by molar-refractivity contribution is 0.383. The van der Waals surface area contributed by atoms with Gasteiger partial charge in [-0.15, -0.1) is 11.3 Å². The van der Waals surface area contributed by atoms with Gasteiger partial charge in [0.15, 0.2) is 0 Å². The normalized spacial score (nSPS) is 13.8. The van der Waals surface area contributed by atoms with Crippen LogP contribution in [-0.4, -0.2) is 26.8 Å². The highest BCUT2D eigenvalue weighted by atomic mass is 32.2. The van der Waals surface area contributed by atoms with Crippen molar-refractivity contribution in [1.29, 1.82) is 0 Å². The molecular weight excluding hydrogens is 296 g/mol. The third-order valence-corrected chi connectivity index (χ3v) is 5.67. The smallest absolute Gasteiger partial charge is 0.275 e. The average Bonchev–Trinajstić information content (AvgIpc) is 3.07. The fraction of sp³-hybridized carbons (Fsp3) is 0.385. The van der Waals surface area contributed by atoms with Crippen molar-refractivity contribution in [3.8, 4) is 0 Å². The number of rotatable bonds is 6. The Labute approximate surface area is 123 Å². The molecule has 0 aliphatic heterocycles. The van der Waals surface area contributed by atoms with Crippen LogP contribution in [0.2, 0.25) is 0 Å². The van der Waals surface area contributed by atoms with E-state index in [2.05, 4.69) is 18.3 Å². The van der Waals surface area contributed by atoms with Crippen LogP contribution < -0.4 is 5.32 Å². The summed E-state index contributed by atoms with van der Waals surface area (Å²) in [7, 11) is -0.535. The maximum Gasteiger partial charge on any atom is 0.275 e. The highest BCUT2D eigenvalue weighted by molar-refractivity contribution is 7.88. The third-order valence-electron chi connectivity index (χ3n) is 2.92. The molecule has 0 bridgehead atoms. The average molecular weight is 314 g/mol. The van der Waals surface area contributed by atoms with Crippen LogP contribution in [0.3, 0.4) is 0 Å². The summed E-state index contributed by atoms with van der Waals surface area (Å²) in [5.74, 6) is 0.605. The highest BCUT2D eigenvalue weighted by Gasteiger charge is 2.21. The van der Waals surface area contributed by atoms with Crippen LogP contribution in [0.15, 0.2) is 39.2 Å². The SMILES string of the molecule is CC(NCc1ccc(S(=O)(=O)N(C)C)o1)c1cccs1. The fourth-order valence-corrected chi connectivity index (χ4v) is 3.23. The van der Waals surface area contributed by atoms with Gasteiger partial charge in [0.05, 0.1) is 6.54 Å². The van der Waals surface area contributed by atoms with Crippen molar-refractivity contribution in [2.45, 2.75) is 24.6 Å². The molecule has 0 fully saturated rings. The molecule has 1 N–H and O–H groups in total. The van der Waals surface area contributed by atoms with Gasteiger partial charge in [-0.3, -0.25) is 0 Å². The topological polar surface area (TPSA) is 62.6 Å². The van der Waals surface area contributed by atoms with Crippen LogP contribution in [0.25, 0.3) is 0 Å². The first-order valence-electron chi connectivity index (χ1n) is 6.19. The minimum atomic E-state index is -3.50. The van der Waals surface area contributed by atoms with Crippen LogP contribution in [0.1, 0.15) is 23.6 Å². The van der Waals surface area contributed by atoms with E-state index < -0.39 is 10.0 Å². The van der Waals surface area contributed by atoms with E-state index in [1.807, 2.05) is 11.4 Å². The van der Waals surface area contributed by atoms with E-state index in [0.717, 1.165) is 4.31 Å². The van der Waals surface area contributed by atoms with Gasteiger partial charge in [0.1, 0.15) is 5.76 Å². The maximum atomic E-state index is 11.9.